The van der Waals surface area contributed by atoms with Crippen molar-refractivity contribution >= 4 is 27.4 Å². The van der Waals surface area contributed by atoms with E-state index >= 15 is 0 Å². The molecule has 1 aromatic rings. The lowest BCUT2D eigenvalue weighted by atomic mass is 9.96. The number of guanidine groups is 1. The van der Waals surface area contributed by atoms with E-state index in [1.165, 1.54) is 5.56 Å². The second-order valence-corrected chi connectivity index (χ2v) is 10.9. The lowest BCUT2D eigenvalue weighted by Gasteiger charge is -2.39. The third kappa shape index (κ3) is 3.65. The number of halogens is 1. The number of nitrogens with one attached hydrogen (secondary N) is 1. The van der Waals surface area contributed by atoms with Crippen molar-refractivity contribution in [3.63, 3.8) is 0 Å². The monoisotopic (exact) mass is 383 g/mol. The van der Waals surface area contributed by atoms with Crippen LogP contribution in [0.4, 0.5) is 0 Å². The van der Waals surface area contributed by atoms with Gasteiger partial charge in [0.1, 0.15) is 0 Å². The highest BCUT2D eigenvalue weighted by Crippen LogP contribution is 2.47. The van der Waals surface area contributed by atoms with Crippen molar-refractivity contribution in [2.45, 2.75) is 36.9 Å². The predicted molar refractivity (Wildman–Crippen MR) is 103 cm³/mol. The van der Waals surface area contributed by atoms with Gasteiger partial charge >= 0.3 is 0 Å². The molecule has 1 saturated carbocycles. The molecule has 5 nitrogen and oxygen atoms in total. The Morgan fingerprint density at radius 2 is 1.92 bits per heavy atom. The summed E-state index contributed by atoms with van der Waals surface area (Å²) in [6.45, 7) is 5.32. The summed E-state index contributed by atoms with van der Waals surface area (Å²) in [5.41, 5.74) is 1.43. The molecule has 1 heterocycles. The molecule has 0 atom stereocenters. The van der Waals surface area contributed by atoms with E-state index in [2.05, 4.69) is 27.3 Å². The Labute approximate surface area is 155 Å². The molecule has 1 saturated heterocycles. The summed E-state index contributed by atoms with van der Waals surface area (Å²) in [4.78, 5) is 6.43. The fraction of sp³-hybridized carbons (Fsp3) is 0.611. The first kappa shape index (κ1) is 18.5. The maximum Gasteiger partial charge on any atom is 0.193 e. The molecule has 0 spiro atoms. The Bertz CT molecular complexity index is 768. The molecule has 25 heavy (non-hydrogen) atoms. The zero-order valence-corrected chi connectivity index (χ0v) is 16.6. The zero-order chi connectivity index (χ0) is 18.3. The number of aliphatic imine (C=N–C) groups is 1. The molecule has 3 rings (SSSR count). The maximum absolute atomic E-state index is 12.2. The minimum absolute atomic E-state index is 0.137. The average molecular weight is 384 g/mol. The molecule has 0 radical (unpaired) electrons. The molecule has 1 aliphatic heterocycles. The van der Waals surface area contributed by atoms with Crippen LogP contribution in [0.2, 0.25) is 5.02 Å². The van der Waals surface area contributed by atoms with Crippen molar-refractivity contribution in [1.82, 2.24) is 10.2 Å². The SMILES string of the molecule is CN=C(NCC1(c2ccc(Cl)cc2)CC1)N1CCS(=O)(=O)C(C)(C)C1. The van der Waals surface area contributed by atoms with Crippen molar-refractivity contribution in [3.05, 3.63) is 34.9 Å². The van der Waals surface area contributed by atoms with Crippen LogP contribution in [-0.2, 0) is 15.3 Å². The Kier molecular flexibility index (Phi) is 4.79. The Balaban J connectivity index is 1.67. The van der Waals surface area contributed by atoms with E-state index in [-0.39, 0.29) is 11.2 Å². The summed E-state index contributed by atoms with van der Waals surface area (Å²) in [7, 11) is -1.30. The average Bonchev–Trinajstić information content (AvgIpc) is 3.33. The molecule has 1 N–H and O–H groups in total. The Morgan fingerprint density at radius 1 is 1.28 bits per heavy atom. The van der Waals surface area contributed by atoms with Crippen LogP contribution >= 0.6 is 11.6 Å². The van der Waals surface area contributed by atoms with Crippen molar-refractivity contribution in [1.29, 1.82) is 0 Å². The first-order valence-corrected chi connectivity index (χ1v) is 10.7. The van der Waals surface area contributed by atoms with Gasteiger partial charge in [0, 0.05) is 37.1 Å². The molecule has 0 unspecified atom stereocenters. The van der Waals surface area contributed by atoms with E-state index in [0.717, 1.165) is 30.4 Å². The summed E-state index contributed by atoms with van der Waals surface area (Å²) in [6, 6.07) is 8.06. The van der Waals surface area contributed by atoms with Gasteiger partial charge in [-0.1, -0.05) is 23.7 Å². The molecule has 2 fully saturated rings. The molecular weight excluding hydrogens is 358 g/mol. The fourth-order valence-corrected chi connectivity index (χ4v) is 4.92. The number of benzene rings is 1. The summed E-state index contributed by atoms with van der Waals surface area (Å²) in [5, 5.41) is 4.22. The van der Waals surface area contributed by atoms with Gasteiger partial charge < -0.3 is 10.2 Å². The minimum Gasteiger partial charge on any atom is -0.355 e. The van der Waals surface area contributed by atoms with Crippen LogP contribution in [0.5, 0.6) is 0 Å². The van der Waals surface area contributed by atoms with E-state index in [1.807, 2.05) is 12.1 Å². The van der Waals surface area contributed by atoms with Gasteiger partial charge in [0.15, 0.2) is 15.8 Å². The second-order valence-electron chi connectivity index (χ2n) is 7.69. The predicted octanol–water partition coefficient (Wildman–Crippen LogP) is 2.46. The number of hydrogen-bond acceptors (Lipinski definition) is 3. The Hall–Kier alpha value is -1.27. The normalized spacial score (nSPS) is 24.0. The molecular formula is C18H26ClN3O2S. The number of nitrogens with zero attached hydrogens (tertiary/aromatic N) is 2. The van der Waals surface area contributed by atoms with Crippen molar-refractivity contribution < 1.29 is 8.42 Å². The Morgan fingerprint density at radius 3 is 2.44 bits per heavy atom. The van der Waals surface area contributed by atoms with Crippen molar-refractivity contribution in [2.75, 3.05) is 32.4 Å². The van der Waals surface area contributed by atoms with Gasteiger partial charge in [-0.15, -0.1) is 0 Å². The smallest absolute Gasteiger partial charge is 0.193 e. The van der Waals surface area contributed by atoms with Crippen molar-refractivity contribution in [2.24, 2.45) is 4.99 Å². The van der Waals surface area contributed by atoms with Crippen LogP contribution in [0.15, 0.2) is 29.3 Å². The van der Waals surface area contributed by atoms with Gasteiger partial charge in [0.2, 0.25) is 0 Å². The lowest BCUT2D eigenvalue weighted by Crippen LogP contribution is -2.57. The minimum atomic E-state index is -3.05. The van der Waals surface area contributed by atoms with E-state index in [9.17, 15) is 8.42 Å². The second kappa shape index (κ2) is 6.47. The van der Waals surface area contributed by atoms with Crippen LogP contribution in [0.3, 0.4) is 0 Å². The van der Waals surface area contributed by atoms with Crippen LogP contribution in [0, 0.1) is 0 Å². The summed E-state index contributed by atoms with van der Waals surface area (Å²) < 4.78 is 23.6. The summed E-state index contributed by atoms with van der Waals surface area (Å²) in [5.74, 6) is 0.950. The molecule has 7 heteroatoms. The van der Waals surface area contributed by atoms with E-state index in [0.29, 0.717) is 13.1 Å². The third-order valence-corrected chi connectivity index (χ3v) is 8.23. The van der Waals surface area contributed by atoms with E-state index in [1.54, 1.807) is 20.9 Å². The molecule has 0 aromatic heterocycles. The van der Waals surface area contributed by atoms with Crippen LogP contribution in [0.25, 0.3) is 0 Å². The highest BCUT2D eigenvalue weighted by molar-refractivity contribution is 7.92. The molecule has 1 aromatic carbocycles. The fourth-order valence-electron chi connectivity index (χ4n) is 3.43. The topological polar surface area (TPSA) is 61.8 Å². The number of sulfone groups is 1. The number of hydrogen-bond donors (Lipinski definition) is 1. The van der Waals surface area contributed by atoms with Gasteiger partial charge in [-0.25, -0.2) is 8.42 Å². The first-order valence-electron chi connectivity index (χ1n) is 8.63. The molecule has 2 aliphatic rings. The van der Waals surface area contributed by atoms with Gasteiger partial charge in [-0.3, -0.25) is 4.99 Å². The lowest BCUT2D eigenvalue weighted by molar-refractivity contribution is 0.352. The molecule has 1 aliphatic carbocycles. The van der Waals surface area contributed by atoms with Crippen LogP contribution in [-0.4, -0.2) is 56.5 Å². The van der Waals surface area contributed by atoms with Crippen LogP contribution < -0.4 is 5.32 Å². The van der Waals surface area contributed by atoms with Crippen molar-refractivity contribution in [3.8, 4) is 0 Å². The highest BCUT2D eigenvalue weighted by atomic mass is 35.5. The summed E-state index contributed by atoms with van der Waals surface area (Å²) in [6.07, 6.45) is 2.27. The van der Waals surface area contributed by atoms with E-state index in [4.69, 9.17) is 11.6 Å². The van der Waals surface area contributed by atoms with Gasteiger partial charge in [0.05, 0.1) is 10.5 Å². The first-order chi connectivity index (χ1) is 11.7. The standard InChI is InChI=1S/C18H26ClN3O2S/c1-17(2)13-22(10-11-25(17,23)24)16(20-3)21-12-18(8-9-18)14-4-6-15(19)7-5-14/h4-7H,8-13H2,1-3H3,(H,20,21). The maximum atomic E-state index is 12.2. The van der Waals surface area contributed by atoms with Gasteiger partial charge in [0.25, 0.3) is 0 Å². The quantitative estimate of drug-likeness (QED) is 0.643. The zero-order valence-electron chi connectivity index (χ0n) is 15.0. The third-order valence-electron chi connectivity index (χ3n) is 5.45. The van der Waals surface area contributed by atoms with Gasteiger partial charge in [-0.05, 0) is 44.4 Å². The van der Waals surface area contributed by atoms with Crippen LogP contribution in [0.1, 0.15) is 32.3 Å². The highest BCUT2D eigenvalue weighted by Gasteiger charge is 2.45. The van der Waals surface area contributed by atoms with E-state index < -0.39 is 14.6 Å². The molecule has 0 amide bonds. The molecule has 0 bridgehead atoms. The summed E-state index contributed by atoms with van der Waals surface area (Å²) >= 11 is 5.99. The number of rotatable bonds is 3. The largest absolute Gasteiger partial charge is 0.355 e. The van der Waals surface area contributed by atoms with Gasteiger partial charge in [-0.2, -0.15) is 0 Å². The molecule has 138 valence electrons.